The molecule has 0 aromatic heterocycles. The summed E-state index contributed by atoms with van der Waals surface area (Å²) in [5.74, 6) is 0.696. The number of ether oxygens (including phenoxy) is 7. The zero-order chi connectivity index (χ0) is 25.7. The standard InChI is InChI=1S/C23H31N3O10/c1-3-8-31-21-17(28)14(9-27)34-23(18(21)29)36-19-15-11-33-22(35-15)16(25-26-24)20(19)32-10-12-4-6-13(30-2)7-5-12/h3-7,14-23,27-29H,1,8-11H2,2H3/t14-,15-,16-,17+,18-,19-,20-,21+,22-,23+/m1/s1. The number of aliphatic hydroxyl groups is 3. The molecule has 3 fully saturated rings. The molecule has 3 aliphatic rings. The van der Waals surface area contributed by atoms with Crippen LogP contribution in [0.2, 0.25) is 0 Å². The minimum atomic E-state index is -1.41. The molecule has 3 heterocycles. The Hall–Kier alpha value is -2.29. The van der Waals surface area contributed by atoms with Crippen LogP contribution in [0.1, 0.15) is 5.56 Å². The van der Waals surface area contributed by atoms with E-state index in [-0.39, 0.29) is 19.8 Å². The molecule has 0 aliphatic carbocycles. The first-order valence-corrected chi connectivity index (χ1v) is 11.6. The van der Waals surface area contributed by atoms with Crippen molar-refractivity contribution in [2.75, 3.05) is 26.9 Å². The molecule has 3 aliphatic heterocycles. The lowest BCUT2D eigenvalue weighted by Gasteiger charge is -2.45. The first kappa shape index (κ1) is 26.8. The highest BCUT2D eigenvalue weighted by atomic mass is 16.8. The predicted molar refractivity (Wildman–Crippen MR) is 122 cm³/mol. The number of nitrogens with zero attached hydrogens (tertiary/aromatic N) is 3. The molecule has 10 atom stereocenters. The van der Waals surface area contributed by atoms with Crippen molar-refractivity contribution in [3.63, 3.8) is 0 Å². The Morgan fingerprint density at radius 3 is 2.58 bits per heavy atom. The van der Waals surface area contributed by atoms with E-state index in [9.17, 15) is 15.3 Å². The third-order valence-corrected chi connectivity index (χ3v) is 6.35. The molecule has 0 saturated carbocycles. The van der Waals surface area contributed by atoms with E-state index in [2.05, 4.69) is 16.6 Å². The second-order valence-electron chi connectivity index (χ2n) is 8.59. The second-order valence-corrected chi connectivity index (χ2v) is 8.59. The number of aliphatic hydroxyl groups excluding tert-OH is 3. The molecule has 1 aromatic carbocycles. The lowest BCUT2D eigenvalue weighted by Crippen LogP contribution is -2.63. The van der Waals surface area contributed by atoms with Gasteiger partial charge in [0.2, 0.25) is 0 Å². The molecule has 13 nitrogen and oxygen atoms in total. The van der Waals surface area contributed by atoms with Gasteiger partial charge in [-0.2, -0.15) is 0 Å². The van der Waals surface area contributed by atoms with Crippen LogP contribution in [-0.2, 0) is 35.0 Å². The molecule has 3 N–H and O–H groups in total. The second kappa shape index (κ2) is 12.3. The summed E-state index contributed by atoms with van der Waals surface area (Å²) in [6.45, 7) is 3.39. The van der Waals surface area contributed by atoms with Gasteiger partial charge in [0, 0.05) is 4.91 Å². The van der Waals surface area contributed by atoms with Crippen LogP contribution in [-0.4, -0.2) is 104 Å². The largest absolute Gasteiger partial charge is 0.497 e. The van der Waals surface area contributed by atoms with E-state index in [1.807, 2.05) is 12.1 Å². The fourth-order valence-electron chi connectivity index (χ4n) is 4.50. The van der Waals surface area contributed by atoms with Crippen LogP contribution < -0.4 is 4.74 Å². The van der Waals surface area contributed by atoms with Crippen molar-refractivity contribution in [1.29, 1.82) is 0 Å². The maximum atomic E-state index is 10.9. The van der Waals surface area contributed by atoms with Gasteiger partial charge in [-0.25, -0.2) is 0 Å². The Labute approximate surface area is 207 Å². The lowest BCUT2D eigenvalue weighted by atomic mass is 9.96. The Balaban J connectivity index is 1.55. The van der Waals surface area contributed by atoms with E-state index in [1.165, 1.54) is 6.08 Å². The molecule has 2 bridgehead atoms. The summed E-state index contributed by atoms with van der Waals surface area (Å²) in [5.41, 5.74) is 10.00. The van der Waals surface area contributed by atoms with Crippen molar-refractivity contribution in [3.8, 4) is 5.75 Å². The van der Waals surface area contributed by atoms with E-state index in [0.717, 1.165) is 5.56 Å². The monoisotopic (exact) mass is 509 g/mol. The van der Waals surface area contributed by atoms with Crippen LogP contribution in [0.3, 0.4) is 0 Å². The van der Waals surface area contributed by atoms with E-state index in [4.69, 9.17) is 38.7 Å². The summed E-state index contributed by atoms with van der Waals surface area (Å²) in [6, 6.07) is 6.38. The van der Waals surface area contributed by atoms with Gasteiger partial charge >= 0.3 is 0 Å². The van der Waals surface area contributed by atoms with Gasteiger partial charge in [0.15, 0.2) is 12.6 Å². The number of fused-ring (bicyclic) bond motifs is 2. The summed E-state index contributed by atoms with van der Waals surface area (Å²) in [7, 11) is 1.57. The molecule has 3 saturated heterocycles. The van der Waals surface area contributed by atoms with Gasteiger partial charge in [-0.1, -0.05) is 23.3 Å². The van der Waals surface area contributed by atoms with Crippen molar-refractivity contribution in [2.45, 2.75) is 68.0 Å². The molecule has 1 aromatic rings. The zero-order valence-corrected chi connectivity index (χ0v) is 19.7. The van der Waals surface area contributed by atoms with E-state index in [1.54, 1.807) is 19.2 Å². The van der Waals surface area contributed by atoms with Gasteiger partial charge < -0.3 is 48.5 Å². The van der Waals surface area contributed by atoms with E-state index < -0.39 is 68.0 Å². The van der Waals surface area contributed by atoms with Crippen LogP contribution in [0.5, 0.6) is 5.75 Å². The van der Waals surface area contributed by atoms with Crippen LogP contribution in [0.25, 0.3) is 10.4 Å². The van der Waals surface area contributed by atoms with Crippen LogP contribution >= 0.6 is 0 Å². The first-order chi connectivity index (χ1) is 17.5. The molecular weight excluding hydrogens is 478 g/mol. The maximum absolute atomic E-state index is 10.9. The molecule has 198 valence electrons. The number of hydrogen-bond donors (Lipinski definition) is 3. The summed E-state index contributed by atoms with van der Waals surface area (Å²) >= 11 is 0. The normalized spacial score (nSPS) is 37.8. The maximum Gasteiger partial charge on any atom is 0.187 e. The third kappa shape index (κ3) is 5.66. The van der Waals surface area contributed by atoms with Gasteiger partial charge in [-0.15, -0.1) is 6.58 Å². The third-order valence-electron chi connectivity index (χ3n) is 6.35. The van der Waals surface area contributed by atoms with Crippen molar-refractivity contribution < 1.29 is 48.5 Å². The average molecular weight is 510 g/mol. The smallest absolute Gasteiger partial charge is 0.187 e. The Bertz CT molecular complexity index is 914. The van der Waals surface area contributed by atoms with Gasteiger partial charge in [-0.05, 0) is 23.2 Å². The van der Waals surface area contributed by atoms with Crippen molar-refractivity contribution >= 4 is 0 Å². The minimum absolute atomic E-state index is 0.0564. The highest BCUT2D eigenvalue weighted by Gasteiger charge is 2.55. The van der Waals surface area contributed by atoms with Gasteiger partial charge in [0.25, 0.3) is 0 Å². The molecular formula is C23H31N3O10. The number of benzene rings is 1. The van der Waals surface area contributed by atoms with Crippen molar-refractivity contribution in [1.82, 2.24) is 0 Å². The average Bonchev–Trinajstić information content (AvgIpc) is 3.33. The Kier molecular flexibility index (Phi) is 9.14. The van der Waals surface area contributed by atoms with Crippen LogP contribution in [0.4, 0.5) is 0 Å². The number of rotatable bonds is 11. The van der Waals surface area contributed by atoms with Crippen LogP contribution in [0.15, 0.2) is 42.0 Å². The summed E-state index contributed by atoms with van der Waals surface area (Å²) in [5, 5.41) is 34.9. The Morgan fingerprint density at radius 1 is 1.14 bits per heavy atom. The Morgan fingerprint density at radius 2 is 1.92 bits per heavy atom. The zero-order valence-electron chi connectivity index (χ0n) is 19.7. The molecule has 0 amide bonds. The highest BCUT2D eigenvalue weighted by molar-refractivity contribution is 5.26. The van der Waals surface area contributed by atoms with E-state index >= 15 is 0 Å². The lowest BCUT2D eigenvalue weighted by molar-refractivity contribution is -0.337. The first-order valence-electron chi connectivity index (χ1n) is 11.6. The summed E-state index contributed by atoms with van der Waals surface area (Å²) < 4.78 is 40.2. The highest BCUT2D eigenvalue weighted by Crippen LogP contribution is 2.36. The number of azide groups is 1. The van der Waals surface area contributed by atoms with Crippen molar-refractivity contribution in [3.05, 3.63) is 52.9 Å². The SMILES string of the molecule is C=CCO[C@H]1[C@@H](O)[C@@H](CO)O[C@@H](O[C@H]2[C@H](OCc3ccc(OC)cc3)[C@@H](N=[N+]=[N-])[C@@H]3OC[C@H]2O3)[C@@H]1O. The minimum Gasteiger partial charge on any atom is -0.497 e. The topological polar surface area (TPSA) is 174 Å². The molecule has 36 heavy (non-hydrogen) atoms. The fourth-order valence-corrected chi connectivity index (χ4v) is 4.50. The molecule has 4 rings (SSSR count). The van der Waals surface area contributed by atoms with Crippen molar-refractivity contribution in [2.24, 2.45) is 5.11 Å². The number of methoxy groups -OCH3 is 1. The molecule has 0 spiro atoms. The fraction of sp³-hybridized carbons (Fsp3) is 0.652. The molecule has 0 unspecified atom stereocenters. The summed E-state index contributed by atoms with van der Waals surface area (Å²) in [6.07, 6.45) is -7.87. The van der Waals surface area contributed by atoms with Gasteiger partial charge in [-0.3, -0.25) is 0 Å². The number of hydrogen-bond acceptors (Lipinski definition) is 11. The van der Waals surface area contributed by atoms with Crippen LogP contribution in [0, 0.1) is 0 Å². The quantitative estimate of drug-likeness (QED) is 0.164. The van der Waals surface area contributed by atoms with Gasteiger partial charge in [0.1, 0.15) is 54.5 Å². The molecule has 13 heteroatoms. The summed E-state index contributed by atoms with van der Waals surface area (Å²) in [4.78, 5) is 2.92. The molecule has 0 radical (unpaired) electrons. The predicted octanol–water partition coefficient (Wildman–Crippen LogP) is 0.410. The van der Waals surface area contributed by atoms with E-state index in [0.29, 0.717) is 5.75 Å². The van der Waals surface area contributed by atoms with Gasteiger partial charge in [0.05, 0.1) is 33.5 Å².